The Morgan fingerprint density at radius 1 is 1.19 bits per heavy atom. The largest absolute Gasteiger partial charge is 0.480 e. The van der Waals surface area contributed by atoms with Gasteiger partial charge < -0.3 is 9.84 Å². The molecule has 32 heavy (non-hydrogen) atoms. The zero-order valence-electron chi connectivity index (χ0n) is 17.1. The minimum atomic E-state index is -1.19. The molecule has 3 aromatic rings. The minimum absolute atomic E-state index is 0.0436. The molecule has 0 aliphatic carbocycles. The summed E-state index contributed by atoms with van der Waals surface area (Å²) in [7, 11) is 0. The molecule has 8 nitrogen and oxygen atoms in total. The third kappa shape index (κ3) is 4.02. The van der Waals surface area contributed by atoms with Gasteiger partial charge in [0, 0.05) is 6.20 Å². The van der Waals surface area contributed by atoms with E-state index in [-0.39, 0.29) is 20.7 Å². The van der Waals surface area contributed by atoms with Crippen molar-refractivity contribution in [1.82, 2.24) is 14.3 Å². The SMILES string of the molecule is Cc1ccccc1Oc1nc2c(C)cccn2c(=O)c1/C=C1/SC(=S)N(CC(=O)O)C1=O. The van der Waals surface area contributed by atoms with Crippen LogP contribution >= 0.6 is 24.0 Å². The quantitative estimate of drug-likeness (QED) is 0.450. The monoisotopic (exact) mass is 467 g/mol. The van der Waals surface area contributed by atoms with Crippen LogP contribution in [0.25, 0.3) is 11.7 Å². The molecule has 1 aliphatic heterocycles. The number of amides is 1. The van der Waals surface area contributed by atoms with E-state index >= 15 is 0 Å². The third-order valence-electron chi connectivity index (χ3n) is 4.79. The Kier molecular flexibility index (Phi) is 5.81. The van der Waals surface area contributed by atoms with Gasteiger partial charge in [0.15, 0.2) is 0 Å². The molecular weight excluding hydrogens is 450 g/mol. The highest BCUT2D eigenvalue weighted by atomic mass is 32.2. The van der Waals surface area contributed by atoms with Gasteiger partial charge in [-0.2, -0.15) is 4.98 Å². The van der Waals surface area contributed by atoms with Crippen molar-refractivity contribution >= 4 is 51.9 Å². The third-order valence-corrected chi connectivity index (χ3v) is 6.17. The molecule has 1 aromatic carbocycles. The van der Waals surface area contributed by atoms with Gasteiger partial charge in [-0.1, -0.05) is 48.2 Å². The van der Waals surface area contributed by atoms with E-state index in [1.807, 2.05) is 32.0 Å². The van der Waals surface area contributed by atoms with E-state index in [2.05, 4.69) is 4.98 Å². The number of carboxylic acid groups (broad SMARTS) is 1. The topological polar surface area (TPSA) is 101 Å². The number of para-hydroxylation sites is 1. The summed E-state index contributed by atoms with van der Waals surface area (Å²) in [6.45, 7) is 3.14. The standard InChI is InChI=1S/C22H17N3O5S2/c1-12-6-3-4-8-15(12)30-19-14(20(28)24-9-5-7-13(2)18(24)23-19)10-16-21(29)25(11-17(26)27)22(31)32-16/h3-10H,11H2,1-2H3,(H,26,27)/b16-10+. The lowest BCUT2D eigenvalue weighted by molar-refractivity contribution is -0.140. The van der Waals surface area contributed by atoms with Crippen LogP contribution in [0.2, 0.25) is 0 Å². The second-order valence-corrected chi connectivity index (χ2v) is 8.73. The van der Waals surface area contributed by atoms with Crippen molar-refractivity contribution in [2.75, 3.05) is 6.54 Å². The molecular formula is C22H17N3O5S2. The first kappa shape index (κ1) is 21.7. The molecule has 4 rings (SSSR count). The van der Waals surface area contributed by atoms with Crippen LogP contribution in [-0.4, -0.2) is 42.1 Å². The van der Waals surface area contributed by atoms with Crippen molar-refractivity contribution in [2.24, 2.45) is 0 Å². The van der Waals surface area contributed by atoms with Gasteiger partial charge in [0.2, 0.25) is 5.88 Å². The van der Waals surface area contributed by atoms with Gasteiger partial charge in [0.1, 0.15) is 27.8 Å². The number of thiocarbonyl (C=S) groups is 1. The summed E-state index contributed by atoms with van der Waals surface area (Å²) in [5.41, 5.74) is 1.69. The Labute approximate surface area is 192 Å². The molecule has 0 atom stereocenters. The molecule has 2 aromatic heterocycles. The lowest BCUT2D eigenvalue weighted by Gasteiger charge is -2.13. The van der Waals surface area contributed by atoms with Gasteiger partial charge in [-0.25, -0.2) is 0 Å². The summed E-state index contributed by atoms with van der Waals surface area (Å²) >= 11 is 6.07. The Morgan fingerprint density at radius 3 is 2.62 bits per heavy atom. The maximum atomic E-state index is 13.3. The van der Waals surface area contributed by atoms with Crippen molar-refractivity contribution in [2.45, 2.75) is 13.8 Å². The summed E-state index contributed by atoms with van der Waals surface area (Å²) < 4.78 is 7.50. The molecule has 10 heteroatoms. The Balaban J connectivity index is 1.89. The van der Waals surface area contributed by atoms with E-state index in [1.165, 1.54) is 10.5 Å². The van der Waals surface area contributed by atoms with Crippen LogP contribution in [0.5, 0.6) is 11.6 Å². The number of carboxylic acids is 1. The maximum absolute atomic E-state index is 13.3. The molecule has 1 aliphatic rings. The number of rotatable bonds is 5. The summed E-state index contributed by atoms with van der Waals surface area (Å²) in [5, 5.41) is 9.04. The first-order chi connectivity index (χ1) is 15.3. The number of ether oxygens (including phenoxy) is 1. The lowest BCUT2D eigenvalue weighted by Crippen LogP contribution is -2.33. The molecule has 162 valence electrons. The highest BCUT2D eigenvalue weighted by molar-refractivity contribution is 8.26. The number of carbonyl (C=O) groups excluding carboxylic acids is 1. The number of aryl methyl sites for hydroxylation is 2. The number of benzene rings is 1. The predicted molar refractivity (Wildman–Crippen MR) is 125 cm³/mol. The normalized spacial score (nSPS) is 15.1. The molecule has 0 spiro atoms. The van der Waals surface area contributed by atoms with Crippen molar-refractivity contribution in [3.63, 3.8) is 0 Å². The van der Waals surface area contributed by atoms with Gasteiger partial charge in [-0.15, -0.1) is 0 Å². The first-order valence-corrected chi connectivity index (χ1v) is 10.7. The fourth-order valence-corrected chi connectivity index (χ4v) is 4.41. The fourth-order valence-electron chi connectivity index (χ4n) is 3.17. The van der Waals surface area contributed by atoms with E-state index in [1.54, 1.807) is 24.4 Å². The van der Waals surface area contributed by atoms with Gasteiger partial charge >= 0.3 is 5.97 Å². The summed E-state index contributed by atoms with van der Waals surface area (Å²) in [6.07, 6.45) is 2.95. The smallest absolute Gasteiger partial charge is 0.323 e. The Hall–Kier alpha value is -3.50. The van der Waals surface area contributed by atoms with Gasteiger partial charge in [-0.05, 0) is 43.2 Å². The number of pyridine rings is 1. The van der Waals surface area contributed by atoms with Gasteiger partial charge in [-0.3, -0.25) is 23.7 Å². The first-order valence-electron chi connectivity index (χ1n) is 9.49. The average molecular weight is 468 g/mol. The predicted octanol–water partition coefficient (Wildman–Crippen LogP) is 3.39. The number of aliphatic carboxylic acids is 1. The molecule has 0 unspecified atom stereocenters. The second kappa shape index (κ2) is 8.56. The second-order valence-electron chi connectivity index (χ2n) is 7.05. The number of aromatic nitrogens is 2. The maximum Gasteiger partial charge on any atom is 0.323 e. The van der Waals surface area contributed by atoms with Crippen LogP contribution in [0, 0.1) is 13.8 Å². The molecule has 1 N–H and O–H groups in total. The number of hydrogen-bond acceptors (Lipinski definition) is 7. The molecule has 1 fully saturated rings. The van der Waals surface area contributed by atoms with Crippen molar-refractivity contribution < 1.29 is 19.4 Å². The molecule has 0 radical (unpaired) electrons. The number of hydrogen-bond donors (Lipinski definition) is 1. The summed E-state index contributed by atoms with van der Waals surface area (Å²) in [5.74, 6) is -1.21. The number of fused-ring (bicyclic) bond motifs is 1. The van der Waals surface area contributed by atoms with E-state index in [0.29, 0.717) is 11.4 Å². The molecule has 3 heterocycles. The summed E-state index contributed by atoms with van der Waals surface area (Å²) in [6, 6.07) is 10.8. The van der Waals surface area contributed by atoms with Crippen LogP contribution in [0.15, 0.2) is 52.3 Å². The average Bonchev–Trinajstić information content (AvgIpc) is 3.00. The van der Waals surface area contributed by atoms with E-state index in [9.17, 15) is 14.4 Å². The zero-order chi connectivity index (χ0) is 23.0. The van der Waals surface area contributed by atoms with Crippen LogP contribution < -0.4 is 10.3 Å². The molecule has 1 amide bonds. The van der Waals surface area contributed by atoms with Crippen molar-refractivity contribution in [3.8, 4) is 11.6 Å². The van der Waals surface area contributed by atoms with Crippen LogP contribution in [0.3, 0.4) is 0 Å². The van der Waals surface area contributed by atoms with E-state index in [4.69, 9.17) is 22.1 Å². The minimum Gasteiger partial charge on any atom is -0.480 e. The van der Waals surface area contributed by atoms with Gasteiger partial charge in [0.25, 0.3) is 11.5 Å². The van der Waals surface area contributed by atoms with Gasteiger partial charge in [0.05, 0.1) is 4.91 Å². The Bertz CT molecular complexity index is 1380. The number of thioether (sulfide) groups is 1. The number of carbonyl (C=O) groups is 2. The Morgan fingerprint density at radius 2 is 1.91 bits per heavy atom. The molecule has 0 bridgehead atoms. The van der Waals surface area contributed by atoms with E-state index in [0.717, 1.165) is 27.8 Å². The zero-order valence-corrected chi connectivity index (χ0v) is 18.7. The van der Waals surface area contributed by atoms with Crippen LogP contribution in [0.1, 0.15) is 16.7 Å². The highest BCUT2D eigenvalue weighted by Gasteiger charge is 2.34. The van der Waals surface area contributed by atoms with Crippen LogP contribution in [-0.2, 0) is 9.59 Å². The van der Waals surface area contributed by atoms with Crippen molar-refractivity contribution in [1.29, 1.82) is 0 Å². The van der Waals surface area contributed by atoms with Crippen LogP contribution in [0.4, 0.5) is 0 Å². The number of nitrogens with zero attached hydrogens (tertiary/aromatic N) is 3. The van der Waals surface area contributed by atoms with E-state index < -0.39 is 24.0 Å². The lowest BCUT2D eigenvalue weighted by atomic mass is 10.2. The fraction of sp³-hybridized carbons (Fsp3) is 0.136. The van der Waals surface area contributed by atoms with Crippen molar-refractivity contribution in [3.05, 3.63) is 74.5 Å². The molecule has 0 saturated carbocycles. The highest BCUT2D eigenvalue weighted by Crippen LogP contribution is 2.34. The molecule has 1 saturated heterocycles. The summed E-state index contributed by atoms with van der Waals surface area (Å²) in [4.78, 5) is 42.8.